The summed E-state index contributed by atoms with van der Waals surface area (Å²) in [5.41, 5.74) is 0. The van der Waals surface area contributed by atoms with Gasteiger partial charge in [-0.2, -0.15) is 4.80 Å². The standard InChI is InChI=1S/C12H22N6/c1-3-10-7-18(8-12-14-16-17(2)15-12)11(6-13-10)9-4-5-9/h9-11,13H,3-8H2,1-2H3. The van der Waals surface area contributed by atoms with Gasteiger partial charge < -0.3 is 5.32 Å². The van der Waals surface area contributed by atoms with Crippen molar-refractivity contribution in [3.05, 3.63) is 5.82 Å². The first-order valence-corrected chi connectivity index (χ1v) is 6.96. The molecule has 1 aliphatic carbocycles. The van der Waals surface area contributed by atoms with Crippen LogP contribution in [0.4, 0.5) is 0 Å². The Balaban J connectivity index is 1.68. The second-order valence-electron chi connectivity index (χ2n) is 5.54. The molecule has 1 saturated heterocycles. The molecule has 0 aromatic carbocycles. The van der Waals surface area contributed by atoms with Gasteiger partial charge in [-0.1, -0.05) is 6.92 Å². The van der Waals surface area contributed by atoms with Gasteiger partial charge in [0.1, 0.15) is 0 Å². The smallest absolute Gasteiger partial charge is 0.188 e. The molecule has 2 unspecified atom stereocenters. The molecule has 0 bridgehead atoms. The molecule has 0 radical (unpaired) electrons. The van der Waals surface area contributed by atoms with Gasteiger partial charge in [0, 0.05) is 25.2 Å². The van der Waals surface area contributed by atoms with Crippen molar-refractivity contribution < 1.29 is 0 Å². The molecule has 1 saturated carbocycles. The summed E-state index contributed by atoms with van der Waals surface area (Å²) in [5, 5.41) is 16.0. The lowest BCUT2D eigenvalue weighted by molar-refractivity contribution is 0.103. The third-order valence-electron chi connectivity index (χ3n) is 4.09. The van der Waals surface area contributed by atoms with Crippen LogP contribution in [-0.4, -0.2) is 50.3 Å². The van der Waals surface area contributed by atoms with Crippen molar-refractivity contribution in [3.8, 4) is 0 Å². The van der Waals surface area contributed by atoms with Gasteiger partial charge in [-0.05, 0) is 30.4 Å². The number of hydrogen-bond acceptors (Lipinski definition) is 5. The number of tetrazole rings is 1. The minimum absolute atomic E-state index is 0.608. The Kier molecular flexibility index (Phi) is 3.30. The van der Waals surface area contributed by atoms with Gasteiger partial charge >= 0.3 is 0 Å². The number of nitrogens with zero attached hydrogens (tertiary/aromatic N) is 5. The van der Waals surface area contributed by atoms with Crippen LogP contribution in [0.15, 0.2) is 0 Å². The Morgan fingerprint density at radius 3 is 2.83 bits per heavy atom. The summed E-state index contributed by atoms with van der Waals surface area (Å²) < 4.78 is 0. The molecule has 0 amide bonds. The number of aryl methyl sites for hydroxylation is 1. The molecule has 1 aliphatic heterocycles. The third-order valence-corrected chi connectivity index (χ3v) is 4.09. The molecule has 2 aliphatic rings. The zero-order valence-corrected chi connectivity index (χ0v) is 11.2. The maximum atomic E-state index is 4.30. The predicted octanol–water partition coefficient (Wildman–Crippen LogP) is 0.173. The molecule has 2 atom stereocenters. The van der Waals surface area contributed by atoms with Crippen molar-refractivity contribution in [3.63, 3.8) is 0 Å². The zero-order valence-electron chi connectivity index (χ0n) is 11.2. The predicted molar refractivity (Wildman–Crippen MR) is 67.8 cm³/mol. The minimum atomic E-state index is 0.608. The summed E-state index contributed by atoms with van der Waals surface area (Å²) in [6.07, 6.45) is 3.95. The van der Waals surface area contributed by atoms with Gasteiger partial charge in [0.05, 0.1) is 13.6 Å². The molecule has 0 spiro atoms. The third kappa shape index (κ3) is 2.54. The summed E-state index contributed by atoms with van der Waals surface area (Å²) >= 11 is 0. The van der Waals surface area contributed by atoms with Crippen molar-refractivity contribution in [2.24, 2.45) is 13.0 Å². The summed E-state index contributed by atoms with van der Waals surface area (Å²) in [6, 6.07) is 1.27. The average molecular weight is 250 g/mol. The highest BCUT2D eigenvalue weighted by molar-refractivity contribution is 4.96. The molecule has 6 heteroatoms. The number of nitrogens with one attached hydrogen (secondary N) is 1. The monoisotopic (exact) mass is 250 g/mol. The Bertz CT molecular complexity index is 399. The average Bonchev–Trinajstić information content (AvgIpc) is 3.13. The van der Waals surface area contributed by atoms with E-state index in [0.717, 1.165) is 31.4 Å². The Morgan fingerprint density at radius 1 is 1.39 bits per heavy atom. The minimum Gasteiger partial charge on any atom is -0.311 e. The van der Waals surface area contributed by atoms with E-state index >= 15 is 0 Å². The van der Waals surface area contributed by atoms with E-state index in [-0.39, 0.29) is 0 Å². The van der Waals surface area contributed by atoms with Gasteiger partial charge in [0.25, 0.3) is 0 Å². The van der Waals surface area contributed by atoms with Crippen molar-refractivity contribution in [1.82, 2.24) is 30.4 Å². The molecular formula is C12H22N6. The summed E-state index contributed by atoms with van der Waals surface area (Å²) in [6.45, 7) is 5.31. The first kappa shape index (κ1) is 12.0. The van der Waals surface area contributed by atoms with E-state index in [0.29, 0.717) is 12.1 Å². The number of aromatic nitrogens is 4. The van der Waals surface area contributed by atoms with Crippen LogP contribution in [-0.2, 0) is 13.6 Å². The van der Waals surface area contributed by atoms with Gasteiger partial charge in [0.15, 0.2) is 5.82 Å². The molecule has 100 valence electrons. The topological polar surface area (TPSA) is 58.9 Å². The second-order valence-corrected chi connectivity index (χ2v) is 5.54. The fraction of sp³-hybridized carbons (Fsp3) is 0.917. The fourth-order valence-electron chi connectivity index (χ4n) is 2.87. The van der Waals surface area contributed by atoms with Gasteiger partial charge in [-0.3, -0.25) is 4.90 Å². The summed E-state index contributed by atoms with van der Waals surface area (Å²) in [4.78, 5) is 4.10. The van der Waals surface area contributed by atoms with Crippen molar-refractivity contribution in [2.45, 2.75) is 44.8 Å². The number of piperazine rings is 1. The van der Waals surface area contributed by atoms with Crippen LogP contribution in [0.3, 0.4) is 0 Å². The molecule has 18 heavy (non-hydrogen) atoms. The lowest BCUT2D eigenvalue weighted by atomic mass is 10.0. The molecular weight excluding hydrogens is 228 g/mol. The molecule has 1 aromatic rings. The normalized spacial score (nSPS) is 29.7. The van der Waals surface area contributed by atoms with Gasteiger partial charge in [0.2, 0.25) is 0 Å². The zero-order chi connectivity index (χ0) is 12.5. The van der Waals surface area contributed by atoms with Crippen LogP contribution in [0.5, 0.6) is 0 Å². The molecule has 2 fully saturated rings. The van der Waals surface area contributed by atoms with Crippen LogP contribution in [0.25, 0.3) is 0 Å². The lowest BCUT2D eigenvalue weighted by Gasteiger charge is -2.40. The van der Waals surface area contributed by atoms with Crippen molar-refractivity contribution >= 4 is 0 Å². The molecule has 3 rings (SSSR count). The highest BCUT2D eigenvalue weighted by Crippen LogP contribution is 2.36. The first-order valence-electron chi connectivity index (χ1n) is 6.96. The highest BCUT2D eigenvalue weighted by atomic mass is 15.6. The first-order chi connectivity index (χ1) is 8.76. The lowest BCUT2D eigenvalue weighted by Crippen LogP contribution is -2.56. The van der Waals surface area contributed by atoms with Gasteiger partial charge in [-0.25, -0.2) is 0 Å². The molecule has 1 N–H and O–H groups in total. The maximum Gasteiger partial charge on any atom is 0.188 e. The molecule has 1 aromatic heterocycles. The van der Waals surface area contributed by atoms with Crippen LogP contribution in [0.1, 0.15) is 32.0 Å². The van der Waals surface area contributed by atoms with Crippen LogP contribution in [0, 0.1) is 5.92 Å². The number of hydrogen-bond donors (Lipinski definition) is 1. The van der Waals surface area contributed by atoms with Crippen molar-refractivity contribution in [2.75, 3.05) is 13.1 Å². The van der Waals surface area contributed by atoms with E-state index in [1.165, 1.54) is 19.3 Å². The summed E-state index contributed by atoms with van der Waals surface area (Å²) in [7, 11) is 1.82. The van der Waals surface area contributed by atoms with E-state index in [2.05, 4.69) is 32.6 Å². The fourth-order valence-corrected chi connectivity index (χ4v) is 2.87. The quantitative estimate of drug-likeness (QED) is 0.825. The van der Waals surface area contributed by atoms with E-state index in [1.807, 2.05) is 7.05 Å². The van der Waals surface area contributed by atoms with Gasteiger partial charge in [-0.15, -0.1) is 10.2 Å². The van der Waals surface area contributed by atoms with Crippen LogP contribution >= 0.6 is 0 Å². The van der Waals surface area contributed by atoms with E-state index < -0.39 is 0 Å². The summed E-state index contributed by atoms with van der Waals surface area (Å²) in [5.74, 6) is 1.73. The van der Waals surface area contributed by atoms with E-state index in [9.17, 15) is 0 Å². The SMILES string of the molecule is CCC1CN(Cc2nnn(C)n2)C(C2CC2)CN1. The molecule has 6 nitrogen and oxygen atoms in total. The Hall–Kier alpha value is -1.01. The molecule has 2 heterocycles. The second kappa shape index (κ2) is 4.93. The van der Waals surface area contributed by atoms with Crippen molar-refractivity contribution in [1.29, 1.82) is 0 Å². The van der Waals surface area contributed by atoms with Crippen LogP contribution < -0.4 is 5.32 Å². The van der Waals surface area contributed by atoms with E-state index in [4.69, 9.17) is 0 Å². The Labute approximate surface area is 108 Å². The Morgan fingerprint density at radius 2 is 2.22 bits per heavy atom. The maximum absolute atomic E-state index is 4.30. The van der Waals surface area contributed by atoms with Crippen LogP contribution in [0.2, 0.25) is 0 Å². The number of rotatable bonds is 4. The highest BCUT2D eigenvalue weighted by Gasteiger charge is 2.38. The largest absolute Gasteiger partial charge is 0.311 e. The van der Waals surface area contributed by atoms with E-state index in [1.54, 1.807) is 4.80 Å².